The predicted molar refractivity (Wildman–Crippen MR) is 70.6 cm³/mol. The predicted octanol–water partition coefficient (Wildman–Crippen LogP) is 4.23. The molecular weight excluding hydrogens is 276 g/mol. The van der Waals surface area contributed by atoms with Crippen LogP contribution in [0.1, 0.15) is 17.4 Å². The van der Waals surface area contributed by atoms with E-state index < -0.39 is 5.82 Å². The van der Waals surface area contributed by atoms with E-state index in [0.29, 0.717) is 11.6 Å². The molecule has 1 atom stereocenters. The molecule has 0 aliphatic rings. The van der Waals surface area contributed by atoms with Gasteiger partial charge in [0.1, 0.15) is 11.6 Å². The summed E-state index contributed by atoms with van der Waals surface area (Å²) in [6.45, 7) is 0. The summed E-state index contributed by atoms with van der Waals surface area (Å²) in [5.74, 6) is 0.324. The van der Waals surface area contributed by atoms with Crippen LogP contribution in [0.25, 0.3) is 0 Å². The average Bonchev–Trinajstić information content (AvgIpc) is 2.77. The molecule has 0 aliphatic heterocycles. The maximum atomic E-state index is 13.1. The number of rotatable bonds is 4. The number of nitrogens with one attached hydrogen (secondary N) is 1. The van der Waals surface area contributed by atoms with Crippen LogP contribution in [0.3, 0.4) is 0 Å². The number of likely N-dealkylation sites (N-methyl/N-ethyl adjacent to an activating group) is 1. The summed E-state index contributed by atoms with van der Waals surface area (Å²) < 4.78 is 18.4. The maximum Gasteiger partial charge on any atom is 0.193 e. The monoisotopic (exact) mass is 287 g/mol. The average molecular weight is 288 g/mol. The molecule has 1 unspecified atom stereocenters. The van der Waals surface area contributed by atoms with Crippen molar-refractivity contribution in [1.29, 1.82) is 0 Å². The molecule has 1 aromatic heterocycles. The van der Waals surface area contributed by atoms with Gasteiger partial charge in [-0.1, -0.05) is 17.7 Å². The minimum atomic E-state index is -0.414. The van der Waals surface area contributed by atoms with Crippen LogP contribution in [0.4, 0.5) is 4.39 Å². The molecule has 2 aromatic rings. The van der Waals surface area contributed by atoms with Crippen molar-refractivity contribution < 1.29 is 8.81 Å². The molecule has 2 rings (SSSR count). The van der Waals surface area contributed by atoms with Gasteiger partial charge in [-0.15, -0.1) is 0 Å². The van der Waals surface area contributed by atoms with Gasteiger partial charge in [0.2, 0.25) is 0 Å². The molecule has 0 bridgehead atoms. The lowest BCUT2D eigenvalue weighted by atomic mass is 10.0. The zero-order valence-corrected chi connectivity index (χ0v) is 11.2. The molecule has 0 fully saturated rings. The van der Waals surface area contributed by atoms with Gasteiger partial charge in [0.25, 0.3) is 0 Å². The molecule has 0 spiro atoms. The van der Waals surface area contributed by atoms with Crippen LogP contribution in [0.15, 0.2) is 34.7 Å². The molecule has 0 saturated carbocycles. The molecule has 5 heteroatoms. The summed E-state index contributed by atoms with van der Waals surface area (Å²) in [7, 11) is 1.83. The largest absolute Gasteiger partial charge is 0.448 e. The zero-order valence-electron chi connectivity index (χ0n) is 9.71. The molecule has 96 valence electrons. The van der Waals surface area contributed by atoms with E-state index in [2.05, 4.69) is 5.32 Å². The van der Waals surface area contributed by atoms with Crippen LogP contribution < -0.4 is 5.32 Å². The highest BCUT2D eigenvalue weighted by Gasteiger charge is 2.14. The van der Waals surface area contributed by atoms with Crippen molar-refractivity contribution in [2.24, 2.45) is 0 Å². The fourth-order valence-corrected chi connectivity index (χ4v) is 2.12. The second kappa shape index (κ2) is 5.74. The van der Waals surface area contributed by atoms with Gasteiger partial charge in [-0.05, 0) is 54.9 Å². The van der Waals surface area contributed by atoms with E-state index in [1.807, 2.05) is 13.1 Å². The van der Waals surface area contributed by atoms with Crippen molar-refractivity contribution in [2.45, 2.75) is 12.5 Å². The minimum Gasteiger partial charge on any atom is -0.448 e. The molecule has 0 amide bonds. The quantitative estimate of drug-likeness (QED) is 0.910. The Labute approximate surface area is 115 Å². The Kier molecular flexibility index (Phi) is 4.27. The lowest BCUT2D eigenvalue weighted by Gasteiger charge is -2.13. The van der Waals surface area contributed by atoms with Crippen molar-refractivity contribution in [3.05, 3.63) is 57.7 Å². The van der Waals surface area contributed by atoms with Gasteiger partial charge in [-0.25, -0.2) is 4.39 Å². The standard InChI is InChI=1S/C13H12Cl2FNO/c1-17-11(12-4-5-13(15)18-12)7-8-2-3-10(16)9(14)6-8/h2-6,11,17H,7H2,1H3. The Morgan fingerprint density at radius 1 is 1.28 bits per heavy atom. The number of halogens is 3. The van der Waals surface area contributed by atoms with E-state index in [1.165, 1.54) is 6.07 Å². The van der Waals surface area contributed by atoms with Gasteiger partial charge in [-0.2, -0.15) is 0 Å². The van der Waals surface area contributed by atoms with Crippen molar-refractivity contribution in [2.75, 3.05) is 7.05 Å². The van der Waals surface area contributed by atoms with E-state index in [0.717, 1.165) is 11.3 Å². The summed E-state index contributed by atoms with van der Waals surface area (Å²) in [6, 6.07) is 8.16. The maximum absolute atomic E-state index is 13.1. The highest BCUT2D eigenvalue weighted by molar-refractivity contribution is 6.30. The van der Waals surface area contributed by atoms with Gasteiger partial charge >= 0.3 is 0 Å². The normalized spacial score (nSPS) is 12.7. The van der Waals surface area contributed by atoms with Crippen LogP contribution in [0.2, 0.25) is 10.2 Å². The minimum absolute atomic E-state index is 0.0287. The van der Waals surface area contributed by atoms with Gasteiger partial charge in [0.05, 0.1) is 11.1 Å². The summed E-state index contributed by atoms with van der Waals surface area (Å²) in [6.07, 6.45) is 0.639. The third-order valence-electron chi connectivity index (χ3n) is 2.71. The third-order valence-corrected chi connectivity index (χ3v) is 3.20. The van der Waals surface area contributed by atoms with Crippen LogP contribution in [0.5, 0.6) is 0 Å². The number of hydrogen-bond donors (Lipinski definition) is 1. The Morgan fingerprint density at radius 3 is 2.61 bits per heavy atom. The smallest absolute Gasteiger partial charge is 0.193 e. The zero-order chi connectivity index (χ0) is 13.1. The molecule has 0 aliphatic carbocycles. The van der Waals surface area contributed by atoms with Crippen molar-refractivity contribution in [3.8, 4) is 0 Å². The molecule has 1 N–H and O–H groups in total. The summed E-state index contributed by atoms with van der Waals surface area (Å²) in [5, 5.41) is 3.60. The van der Waals surface area contributed by atoms with Crippen molar-refractivity contribution in [3.63, 3.8) is 0 Å². The Hall–Kier alpha value is -1.03. The van der Waals surface area contributed by atoms with Crippen LogP contribution in [-0.2, 0) is 6.42 Å². The first kappa shape index (κ1) is 13.4. The number of hydrogen-bond acceptors (Lipinski definition) is 2. The van der Waals surface area contributed by atoms with Crippen LogP contribution in [-0.4, -0.2) is 7.05 Å². The van der Waals surface area contributed by atoms with E-state index in [1.54, 1.807) is 18.2 Å². The fraction of sp³-hybridized carbons (Fsp3) is 0.231. The Bertz CT molecular complexity index is 542. The van der Waals surface area contributed by atoms with E-state index in [9.17, 15) is 4.39 Å². The molecule has 18 heavy (non-hydrogen) atoms. The highest BCUT2D eigenvalue weighted by atomic mass is 35.5. The van der Waals surface area contributed by atoms with Crippen LogP contribution in [0, 0.1) is 5.82 Å². The third kappa shape index (κ3) is 3.05. The molecule has 1 heterocycles. The Balaban J connectivity index is 2.17. The SMILES string of the molecule is CNC(Cc1ccc(F)c(Cl)c1)c1ccc(Cl)o1. The van der Waals surface area contributed by atoms with Gasteiger partial charge in [-0.3, -0.25) is 0 Å². The second-order valence-electron chi connectivity index (χ2n) is 3.94. The Morgan fingerprint density at radius 2 is 2.06 bits per heavy atom. The summed E-state index contributed by atoms with van der Waals surface area (Å²) >= 11 is 11.5. The van der Waals surface area contributed by atoms with E-state index in [-0.39, 0.29) is 11.1 Å². The number of furan rings is 1. The van der Waals surface area contributed by atoms with E-state index >= 15 is 0 Å². The molecule has 1 aromatic carbocycles. The van der Waals surface area contributed by atoms with Crippen molar-refractivity contribution >= 4 is 23.2 Å². The molecular formula is C13H12Cl2FNO. The fourth-order valence-electron chi connectivity index (χ4n) is 1.76. The topological polar surface area (TPSA) is 25.2 Å². The van der Waals surface area contributed by atoms with Gasteiger partial charge < -0.3 is 9.73 Å². The van der Waals surface area contributed by atoms with Gasteiger partial charge in [0, 0.05) is 0 Å². The summed E-state index contributed by atoms with van der Waals surface area (Å²) in [5.41, 5.74) is 0.924. The molecule has 0 saturated heterocycles. The number of benzene rings is 1. The highest BCUT2D eigenvalue weighted by Crippen LogP contribution is 2.24. The first-order valence-electron chi connectivity index (χ1n) is 5.46. The second-order valence-corrected chi connectivity index (χ2v) is 4.72. The first-order chi connectivity index (χ1) is 8.60. The first-order valence-corrected chi connectivity index (χ1v) is 6.22. The van der Waals surface area contributed by atoms with Gasteiger partial charge in [0.15, 0.2) is 5.22 Å². The summed E-state index contributed by atoms with van der Waals surface area (Å²) in [4.78, 5) is 0. The van der Waals surface area contributed by atoms with Crippen molar-refractivity contribution in [1.82, 2.24) is 5.32 Å². The lowest BCUT2D eigenvalue weighted by molar-refractivity contribution is 0.430. The molecule has 0 radical (unpaired) electrons. The van der Waals surface area contributed by atoms with Crippen LogP contribution >= 0.6 is 23.2 Å². The lowest BCUT2D eigenvalue weighted by Crippen LogP contribution is -2.18. The van der Waals surface area contributed by atoms with E-state index in [4.69, 9.17) is 27.6 Å². The molecule has 2 nitrogen and oxygen atoms in total.